The van der Waals surface area contributed by atoms with Crippen LogP contribution in [0.15, 0.2) is 0 Å². The standard InChI is InChI=1S/C12H24N2/c1-12(6-8-14-10-12)9-13-7-2-3-11-4-5-11/h11,13-14H,2-10H2,1H3. The Morgan fingerprint density at radius 2 is 2.29 bits per heavy atom. The van der Waals surface area contributed by atoms with Crippen molar-refractivity contribution in [3.63, 3.8) is 0 Å². The molecule has 0 bridgehead atoms. The first-order valence-corrected chi connectivity index (χ1v) is 6.20. The second-order valence-electron chi connectivity index (χ2n) is 5.50. The summed E-state index contributed by atoms with van der Waals surface area (Å²) in [4.78, 5) is 0. The first-order chi connectivity index (χ1) is 6.79. The molecule has 2 aliphatic rings. The van der Waals surface area contributed by atoms with Gasteiger partial charge in [-0.3, -0.25) is 0 Å². The third kappa shape index (κ3) is 3.25. The molecule has 0 aromatic carbocycles. The smallest absolute Gasteiger partial charge is 0.00178 e. The highest BCUT2D eigenvalue weighted by Gasteiger charge is 2.27. The maximum atomic E-state index is 3.61. The van der Waals surface area contributed by atoms with E-state index >= 15 is 0 Å². The van der Waals surface area contributed by atoms with Crippen molar-refractivity contribution in [2.45, 2.75) is 39.0 Å². The summed E-state index contributed by atoms with van der Waals surface area (Å²) in [5.74, 6) is 1.10. The maximum absolute atomic E-state index is 3.61. The summed E-state index contributed by atoms with van der Waals surface area (Å²) >= 11 is 0. The summed E-state index contributed by atoms with van der Waals surface area (Å²) in [6.45, 7) is 7.22. The van der Waals surface area contributed by atoms with Gasteiger partial charge in [-0.05, 0) is 43.7 Å². The van der Waals surface area contributed by atoms with Gasteiger partial charge in [0.15, 0.2) is 0 Å². The maximum Gasteiger partial charge on any atom is 0.00178 e. The zero-order valence-electron chi connectivity index (χ0n) is 9.44. The highest BCUT2D eigenvalue weighted by atomic mass is 15.0. The predicted molar refractivity (Wildman–Crippen MR) is 60.4 cm³/mol. The lowest BCUT2D eigenvalue weighted by molar-refractivity contribution is 0.338. The Morgan fingerprint density at radius 1 is 1.43 bits per heavy atom. The van der Waals surface area contributed by atoms with E-state index in [1.807, 2.05) is 0 Å². The Labute approximate surface area is 87.8 Å². The summed E-state index contributed by atoms with van der Waals surface area (Å²) in [7, 11) is 0. The summed E-state index contributed by atoms with van der Waals surface area (Å²) in [6.07, 6.45) is 7.18. The second-order valence-corrected chi connectivity index (χ2v) is 5.50. The number of nitrogens with one attached hydrogen (secondary N) is 2. The Balaban J connectivity index is 1.48. The molecule has 82 valence electrons. The average molecular weight is 196 g/mol. The molecular formula is C12H24N2. The van der Waals surface area contributed by atoms with Gasteiger partial charge in [-0.25, -0.2) is 0 Å². The molecule has 1 saturated heterocycles. The van der Waals surface area contributed by atoms with E-state index in [0.717, 1.165) is 5.92 Å². The number of hydrogen-bond donors (Lipinski definition) is 2. The van der Waals surface area contributed by atoms with Crippen molar-refractivity contribution in [3.8, 4) is 0 Å². The Kier molecular flexibility index (Phi) is 3.45. The van der Waals surface area contributed by atoms with Crippen molar-refractivity contribution < 1.29 is 0 Å². The quantitative estimate of drug-likeness (QED) is 0.633. The SMILES string of the molecule is CC1(CNCCCC2CC2)CCNC1. The Bertz CT molecular complexity index is 169. The van der Waals surface area contributed by atoms with E-state index in [9.17, 15) is 0 Å². The molecule has 1 heterocycles. The third-order valence-electron chi connectivity index (χ3n) is 3.67. The molecule has 0 aromatic rings. The fourth-order valence-corrected chi connectivity index (χ4v) is 2.33. The van der Waals surface area contributed by atoms with Gasteiger partial charge in [0.1, 0.15) is 0 Å². The highest BCUT2D eigenvalue weighted by Crippen LogP contribution is 2.33. The molecule has 1 saturated carbocycles. The van der Waals surface area contributed by atoms with E-state index in [4.69, 9.17) is 0 Å². The van der Waals surface area contributed by atoms with Crippen molar-refractivity contribution in [2.24, 2.45) is 11.3 Å². The van der Waals surface area contributed by atoms with E-state index in [1.54, 1.807) is 0 Å². The molecule has 2 nitrogen and oxygen atoms in total. The molecular weight excluding hydrogens is 172 g/mol. The normalized spacial score (nSPS) is 32.4. The van der Waals surface area contributed by atoms with Crippen LogP contribution in [0.4, 0.5) is 0 Å². The largest absolute Gasteiger partial charge is 0.316 e. The molecule has 0 spiro atoms. The molecule has 2 heteroatoms. The van der Waals surface area contributed by atoms with Gasteiger partial charge in [0, 0.05) is 13.1 Å². The van der Waals surface area contributed by atoms with Gasteiger partial charge < -0.3 is 10.6 Å². The lowest BCUT2D eigenvalue weighted by atomic mass is 9.90. The molecule has 1 aliphatic heterocycles. The molecule has 0 aromatic heterocycles. The zero-order valence-corrected chi connectivity index (χ0v) is 9.44. The van der Waals surface area contributed by atoms with Crippen LogP contribution in [-0.4, -0.2) is 26.2 Å². The van der Waals surface area contributed by atoms with E-state index in [1.165, 1.54) is 58.3 Å². The molecule has 2 fully saturated rings. The summed E-state index contributed by atoms with van der Waals surface area (Å²) < 4.78 is 0. The summed E-state index contributed by atoms with van der Waals surface area (Å²) in [5, 5.41) is 7.05. The van der Waals surface area contributed by atoms with Gasteiger partial charge in [-0.2, -0.15) is 0 Å². The second kappa shape index (κ2) is 4.63. The first kappa shape index (κ1) is 10.4. The molecule has 0 radical (unpaired) electrons. The van der Waals surface area contributed by atoms with Crippen LogP contribution in [0.1, 0.15) is 39.0 Å². The molecule has 1 unspecified atom stereocenters. The minimum atomic E-state index is 0.527. The van der Waals surface area contributed by atoms with Crippen molar-refractivity contribution in [1.82, 2.24) is 10.6 Å². The minimum Gasteiger partial charge on any atom is -0.316 e. The van der Waals surface area contributed by atoms with Crippen LogP contribution in [-0.2, 0) is 0 Å². The van der Waals surface area contributed by atoms with Crippen LogP contribution in [0.2, 0.25) is 0 Å². The van der Waals surface area contributed by atoms with Gasteiger partial charge in [0.05, 0.1) is 0 Å². The average Bonchev–Trinajstić information content (AvgIpc) is 2.89. The van der Waals surface area contributed by atoms with Gasteiger partial charge in [0.25, 0.3) is 0 Å². The Hall–Kier alpha value is -0.0800. The number of hydrogen-bond acceptors (Lipinski definition) is 2. The zero-order chi connectivity index (χ0) is 9.86. The first-order valence-electron chi connectivity index (χ1n) is 6.20. The fraction of sp³-hybridized carbons (Fsp3) is 1.00. The lowest BCUT2D eigenvalue weighted by Gasteiger charge is -2.22. The van der Waals surface area contributed by atoms with Crippen molar-refractivity contribution in [1.29, 1.82) is 0 Å². The van der Waals surface area contributed by atoms with E-state index in [-0.39, 0.29) is 0 Å². The van der Waals surface area contributed by atoms with Crippen LogP contribution in [0.3, 0.4) is 0 Å². The molecule has 2 N–H and O–H groups in total. The van der Waals surface area contributed by atoms with Crippen molar-refractivity contribution >= 4 is 0 Å². The van der Waals surface area contributed by atoms with Crippen molar-refractivity contribution in [2.75, 3.05) is 26.2 Å². The topological polar surface area (TPSA) is 24.1 Å². The van der Waals surface area contributed by atoms with E-state index in [0.29, 0.717) is 5.41 Å². The van der Waals surface area contributed by atoms with Crippen LogP contribution in [0.25, 0.3) is 0 Å². The summed E-state index contributed by atoms with van der Waals surface area (Å²) in [5.41, 5.74) is 0.527. The van der Waals surface area contributed by atoms with Crippen LogP contribution < -0.4 is 10.6 Å². The van der Waals surface area contributed by atoms with Gasteiger partial charge >= 0.3 is 0 Å². The minimum absolute atomic E-state index is 0.527. The molecule has 2 rings (SSSR count). The van der Waals surface area contributed by atoms with Gasteiger partial charge in [-0.15, -0.1) is 0 Å². The summed E-state index contributed by atoms with van der Waals surface area (Å²) in [6, 6.07) is 0. The van der Waals surface area contributed by atoms with Gasteiger partial charge in [-0.1, -0.05) is 19.8 Å². The van der Waals surface area contributed by atoms with Crippen LogP contribution >= 0.6 is 0 Å². The Morgan fingerprint density at radius 3 is 2.93 bits per heavy atom. The molecule has 0 amide bonds. The molecule has 1 aliphatic carbocycles. The van der Waals surface area contributed by atoms with Crippen LogP contribution in [0, 0.1) is 11.3 Å². The fourth-order valence-electron chi connectivity index (χ4n) is 2.33. The highest BCUT2D eigenvalue weighted by molar-refractivity contribution is 4.85. The van der Waals surface area contributed by atoms with Gasteiger partial charge in [0.2, 0.25) is 0 Å². The number of rotatable bonds is 6. The van der Waals surface area contributed by atoms with Crippen LogP contribution in [0.5, 0.6) is 0 Å². The molecule has 1 atom stereocenters. The monoisotopic (exact) mass is 196 g/mol. The predicted octanol–water partition coefficient (Wildman–Crippen LogP) is 1.77. The van der Waals surface area contributed by atoms with Crippen molar-refractivity contribution in [3.05, 3.63) is 0 Å². The lowest BCUT2D eigenvalue weighted by Crippen LogP contribution is -2.34. The third-order valence-corrected chi connectivity index (χ3v) is 3.67. The molecule has 14 heavy (non-hydrogen) atoms. The van der Waals surface area contributed by atoms with E-state index in [2.05, 4.69) is 17.6 Å². The van der Waals surface area contributed by atoms with E-state index < -0.39 is 0 Å².